The topological polar surface area (TPSA) is 97.9 Å². The quantitative estimate of drug-likeness (QED) is 0.847. The van der Waals surface area contributed by atoms with E-state index in [0.29, 0.717) is 23.3 Å². The van der Waals surface area contributed by atoms with Crippen LogP contribution >= 0.6 is 0 Å². The second-order valence-electron chi connectivity index (χ2n) is 6.22. The molecule has 4 rings (SSSR count). The Morgan fingerprint density at radius 2 is 2.00 bits per heavy atom. The molecule has 1 aromatic carbocycles. The van der Waals surface area contributed by atoms with Crippen LogP contribution in [-0.2, 0) is 9.84 Å². The van der Waals surface area contributed by atoms with Crippen LogP contribution in [0.3, 0.4) is 0 Å². The molecule has 26 heavy (non-hydrogen) atoms. The molecule has 0 radical (unpaired) electrons. The van der Waals surface area contributed by atoms with E-state index in [1.165, 1.54) is 12.1 Å². The molecule has 1 N–H and O–H groups in total. The van der Waals surface area contributed by atoms with E-state index in [9.17, 15) is 8.42 Å². The zero-order chi connectivity index (χ0) is 18.1. The molecule has 0 aromatic heterocycles. The van der Waals surface area contributed by atoms with Crippen LogP contribution in [0.1, 0.15) is 12.0 Å². The molecule has 1 saturated heterocycles. The van der Waals surface area contributed by atoms with Crippen LogP contribution in [0.15, 0.2) is 62.8 Å². The van der Waals surface area contributed by atoms with Crippen molar-refractivity contribution in [1.82, 2.24) is 10.2 Å². The molecule has 7 nitrogen and oxygen atoms in total. The van der Waals surface area contributed by atoms with E-state index in [2.05, 4.69) is 26.5 Å². The number of rotatable bonds is 2. The smallest absolute Gasteiger partial charge is 0.226 e. The van der Waals surface area contributed by atoms with Crippen molar-refractivity contribution < 1.29 is 8.42 Å². The first-order valence-corrected chi connectivity index (χ1v) is 9.86. The molecule has 0 bridgehead atoms. The summed E-state index contributed by atoms with van der Waals surface area (Å²) in [6, 6.07) is 7.95. The molecule has 0 unspecified atom stereocenters. The largest absolute Gasteiger partial charge is 0.369 e. The summed E-state index contributed by atoms with van der Waals surface area (Å²) in [6.07, 6.45) is 4.49. The summed E-state index contributed by atoms with van der Waals surface area (Å²) in [5, 5.41) is 20.3. The van der Waals surface area contributed by atoms with E-state index in [1.807, 2.05) is 12.1 Å². The van der Waals surface area contributed by atoms with Gasteiger partial charge in [0.15, 0.2) is 5.04 Å². The van der Waals surface area contributed by atoms with Gasteiger partial charge in [0.2, 0.25) is 9.84 Å². The highest BCUT2D eigenvalue weighted by molar-refractivity contribution is 8.07. The number of nitrogens with zero attached hydrogens (tertiary/aromatic N) is 4. The Bertz CT molecular complexity index is 1020. The van der Waals surface area contributed by atoms with E-state index in [0.717, 1.165) is 31.9 Å². The average molecular weight is 367 g/mol. The van der Waals surface area contributed by atoms with Gasteiger partial charge in [-0.2, -0.15) is 10.4 Å². The minimum Gasteiger partial charge on any atom is -0.369 e. The third-order valence-electron chi connectivity index (χ3n) is 4.61. The Hall–Kier alpha value is -2.76. The molecule has 132 valence electrons. The van der Waals surface area contributed by atoms with Crippen molar-refractivity contribution in [2.75, 3.05) is 26.2 Å². The van der Waals surface area contributed by atoms with Gasteiger partial charge in [0.1, 0.15) is 0 Å². The Morgan fingerprint density at radius 1 is 1.19 bits per heavy atom. The maximum Gasteiger partial charge on any atom is 0.226 e. The van der Waals surface area contributed by atoms with Crippen molar-refractivity contribution in [1.29, 1.82) is 5.26 Å². The van der Waals surface area contributed by atoms with E-state index >= 15 is 0 Å². The van der Waals surface area contributed by atoms with E-state index in [4.69, 9.17) is 5.26 Å². The lowest BCUT2D eigenvalue weighted by Crippen LogP contribution is -2.43. The van der Waals surface area contributed by atoms with Crippen LogP contribution in [0.25, 0.3) is 0 Å². The van der Waals surface area contributed by atoms with E-state index in [-0.39, 0.29) is 9.94 Å². The van der Waals surface area contributed by atoms with Crippen LogP contribution in [0.4, 0.5) is 0 Å². The van der Waals surface area contributed by atoms with Gasteiger partial charge >= 0.3 is 0 Å². The molecule has 0 amide bonds. The van der Waals surface area contributed by atoms with Gasteiger partial charge in [0.25, 0.3) is 0 Å². The van der Waals surface area contributed by atoms with Crippen LogP contribution in [0, 0.1) is 11.3 Å². The van der Waals surface area contributed by atoms with Crippen molar-refractivity contribution >= 4 is 20.6 Å². The maximum absolute atomic E-state index is 13.0. The third-order valence-corrected chi connectivity index (χ3v) is 6.29. The normalized spacial score (nSPS) is 19.7. The molecule has 3 aliphatic rings. The number of allylic oxidation sites excluding steroid dienone is 2. The number of piperazine rings is 1. The lowest BCUT2D eigenvalue weighted by molar-refractivity contribution is 0.306. The minimum absolute atomic E-state index is 0.0386. The molecular formula is C18H17N5O2S. The van der Waals surface area contributed by atoms with Gasteiger partial charge in [-0.15, -0.1) is 5.10 Å². The number of benzene rings is 1. The van der Waals surface area contributed by atoms with Crippen LogP contribution in [0.2, 0.25) is 0 Å². The van der Waals surface area contributed by atoms with Gasteiger partial charge in [-0.1, -0.05) is 12.1 Å². The predicted molar refractivity (Wildman–Crippen MR) is 98.4 cm³/mol. The zero-order valence-electron chi connectivity index (χ0n) is 14.0. The fraction of sp³-hybridized carbons (Fsp3) is 0.278. The van der Waals surface area contributed by atoms with Crippen molar-refractivity contribution in [3.8, 4) is 6.07 Å². The highest BCUT2D eigenvalue weighted by atomic mass is 32.2. The van der Waals surface area contributed by atoms with Crippen molar-refractivity contribution in [2.24, 2.45) is 10.2 Å². The molecule has 2 heterocycles. The van der Waals surface area contributed by atoms with Crippen LogP contribution in [-0.4, -0.2) is 50.3 Å². The average Bonchev–Trinajstić information content (AvgIpc) is 3.12. The lowest BCUT2D eigenvalue weighted by Gasteiger charge is -2.31. The Morgan fingerprint density at radius 3 is 2.77 bits per heavy atom. The zero-order valence-corrected chi connectivity index (χ0v) is 14.8. The summed E-state index contributed by atoms with van der Waals surface area (Å²) in [4.78, 5) is 2.30. The van der Waals surface area contributed by atoms with Crippen molar-refractivity contribution in [3.63, 3.8) is 0 Å². The van der Waals surface area contributed by atoms with E-state index < -0.39 is 9.84 Å². The monoisotopic (exact) mass is 367 g/mol. The molecule has 1 aromatic rings. The van der Waals surface area contributed by atoms with Crippen LogP contribution < -0.4 is 5.32 Å². The first-order chi connectivity index (χ1) is 12.6. The van der Waals surface area contributed by atoms with Crippen molar-refractivity contribution in [3.05, 3.63) is 53.3 Å². The fourth-order valence-corrected chi connectivity index (χ4v) is 4.60. The van der Waals surface area contributed by atoms with E-state index in [1.54, 1.807) is 12.1 Å². The van der Waals surface area contributed by atoms with Gasteiger partial charge in [-0.25, -0.2) is 8.42 Å². The lowest BCUT2D eigenvalue weighted by atomic mass is 10.0. The number of sulfone groups is 1. The minimum atomic E-state index is -3.84. The fourth-order valence-electron chi connectivity index (χ4n) is 3.23. The SMILES string of the molecule is N#Cc1cccc(S(=O)(=O)C2=NN=C3CC=C(N4CCNCC4)C=C32)c1. The summed E-state index contributed by atoms with van der Waals surface area (Å²) in [6.45, 7) is 3.57. The molecule has 0 spiro atoms. The molecule has 1 aliphatic carbocycles. The molecule has 0 saturated carbocycles. The molecule has 1 fully saturated rings. The van der Waals surface area contributed by atoms with Gasteiger partial charge in [0, 0.05) is 43.9 Å². The first-order valence-electron chi connectivity index (χ1n) is 8.37. The summed E-state index contributed by atoms with van der Waals surface area (Å²) in [5.41, 5.74) is 2.53. The number of nitriles is 1. The van der Waals surface area contributed by atoms with Crippen molar-refractivity contribution in [2.45, 2.75) is 11.3 Å². The molecule has 2 aliphatic heterocycles. The number of nitrogens with one attached hydrogen (secondary N) is 1. The van der Waals surface area contributed by atoms with Gasteiger partial charge in [-0.05, 0) is 24.3 Å². The Balaban J connectivity index is 1.68. The van der Waals surface area contributed by atoms with Crippen LogP contribution in [0.5, 0.6) is 0 Å². The van der Waals surface area contributed by atoms with Gasteiger partial charge in [0.05, 0.1) is 22.2 Å². The standard InChI is InChI=1S/C18H17N5O2S/c19-12-13-2-1-3-15(10-13)26(24,25)18-16-11-14(4-5-17(16)21-22-18)23-8-6-20-7-9-23/h1-4,10-11,20H,5-9H2. The second kappa shape index (κ2) is 6.52. The van der Waals surface area contributed by atoms with Gasteiger partial charge < -0.3 is 10.2 Å². The number of hydrogen-bond donors (Lipinski definition) is 1. The molecule has 8 heteroatoms. The Kier molecular flexibility index (Phi) is 4.18. The predicted octanol–water partition coefficient (Wildman–Crippen LogP) is 1.22. The highest BCUT2D eigenvalue weighted by Crippen LogP contribution is 2.28. The summed E-state index contributed by atoms with van der Waals surface area (Å²) in [7, 11) is -3.84. The number of fused-ring (bicyclic) bond motifs is 1. The highest BCUT2D eigenvalue weighted by Gasteiger charge is 2.34. The second-order valence-corrected chi connectivity index (χ2v) is 8.09. The number of hydrogen-bond acceptors (Lipinski definition) is 7. The molecular weight excluding hydrogens is 350 g/mol. The molecule has 0 atom stereocenters. The summed E-state index contributed by atoms with van der Waals surface area (Å²) < 4.78 is 26.1. The summed E-state index contributed by atoms with van der Waals surface area (Å²) in [5.74, 6) is 0. The Labute approximate surface area is 152 Å². The maximum atomic E-state index is 13.0. The summed E-state index contributed by atoms with van der Waals surface area (Å²) >= 11 is 0. The first kappa shape index (κ1) is 16.7. The van der Waals surface area contributed by atoms with Gasteiger partial charge in [-0.3, -0.25) is 0 Å². The third kappa shape index (κ3) is 2.85.